The SMILES string of the molecule is Cc1cc(CN(CC[C@H]2CCCN2C)Cc2cc(C)c(O)c(C)c2)cc(C)c1O. The molecule has 2 N–H and O–H groups in total. The Bertz CT molecular complexity index is 756. The van der Waals surface area contributed by atoms with Crippen LogP contribution in [-0.4, -0.2) is 46.2 Å². The molecule has 0 radical (unpaired) electrons. The standard InChI is InChI=1S/C25H36N2O2/c1-17-11-21(12-18(2)24(17)28)15-27(10-8-23-7-6-9-26(23)5)16-22-13-19(3)25(29)20(4)14-22/h11-14,23,28-29H,6-10,15-16H2,1-5H3/t23-/m1/s1. The molecule has 0 aromatic heterocycles. The van der Waals surface area contributed by atoms with Crippen molar-refractivity contribution < 1.29 is 10.2 Å². The summed E-state index contributed by atoms with van der Waals surface area (Å²) in [4.78, 5) is 4.99. The van der Waals surface area contributed by atoms with Gasteiger partial charge in [-0.3, -0.25) is 4.90 Å². The Hall–Kier alpha value is -2.04. The van der Waals surface area contributed by atoms with Crippen LogP contribution in [0.25, 0.3) is 0 Å². The molecule has 0 aliphatic carbocycles. The van der Waals surface area contributed by atoms with E-state index in [2.05, 4.69) is 41.1 Å². The van der Waals surface area contributed by atoms with Gasteiger partial charge in [-0.15, -0.1) is 0 Å². The van der Waals surface area contributed by atoms with Crippen LogP contribution in [0.4, 0.5) is 0 Å². The van der Waals surface area contributed by atoms with E-state index < -0.39 is 0 Å². The second-order valence-electron chi connectivity index (χ2n) is 8.93. The minimum absolute atomic E-state index is 0.401. The molecule has 1 aliphatic rings. The van der Waals surface area contributed by atoms with Crippen molar-refractivity contribution in [2.45, 2.75) is 66.1 Å². The van der Waals surface area contributed by atoms with E-state index >= 15 is 0 Å². The molecule has 29 heavy (non-hydrogen) atoms. The fourth-order valence-corrected chi connectivity index (χ4v) is 4.68. The monoisotopic (exact) mass is 396 g/mol. The quantitative estimate of drug-likeness (QED) is 0.704. The molecule has 158 valence electrons. The zero-order valence-corrected chi connectivity index (χ0v) is 18.6. The van der Waals surface area contributed by atoms with Gasteiger partial charge in [-0.25, -0.2) is 0 Å². The van der Waals surface area contributed by atoms with Gasteiger partial charge < -0.3 is 15.1 Å². The van der Waals surface area contributed by atoms with Crippen LogP contribution in [0.15, 0.2) is 24.3 Å². The summed E-state index contributed by atoms with van der Waals surface area (Å²) in [7, 11) is 2.24. The van der Waals surface area contributed by atoms with Crippen molar-refractivity contribution in [3.63, 3.8) is 0 Å². The van der Waals surface area contributed by atoms with Gasteiger partial charge >= 0.3 is 0 Å². The van der Waals surface area contributed by atoms with Gasteiger partial charge in [0.25, 0.3) is 0 Å². The number of aromatic hydroxyl groups is 2. The van der Waals surface area contributed by atoms with Crippen LogP contribution < -0.4 is 0 Å². The molecular weight excluding hydrogens is 360 g/mol. The van der Waals surface area contributed by atoms with Gasteiger partial charge in [-0.2, -0.15) is 0 Å². The maximum Gasteiger partial charge on any atom is 0.121 e. The van der Waals surface area contributed by atoms with Crippen molar-refractivity contribution in [3.05, 3.63) is 57.6 Å². The van der Waals surface area contributed by atoms with Crippen molar-refractivity contribution in [1.29, 1.82) is 0 Å². The third-order valence-corrected chi connectivity index (χ3v) is 6.36. The number of hydrogen-bond acceptors (Lipinski definition) is 4. The number of rotatable bonds is 7. The van der Waals surface area contributed by atoms with E-state index in [0.29, 0.717) is 17.5 Å². The highest BCUT2D eigenvalue weighted by atomic mass is 16.3. The van der Waals surface area contributed by atoms with Crippen LogP contribution in [0.5, 0.6) is 11.5 Å². The van der Waals surface area contributed by atoms with Gasteiger partial charge in [0, 0.05) is 25.7 Å². The van der Waals surface area contributed by atoms with Crippen LogP contribution in [-0.2, 0) is 13.1 Å². The van der Waals surface area contributed by atoms with Crippen molar-refractivity contribution in [1.82, 2.24) is 9.80 Å². The van der Waals surface area contributed by atoms with Gasteiger partial charge in [-0.1, -0.05) is 24.3 Å². The summed E-state index contributed by atoms with van der Waals surface area (Å²) < 4.78 is 0. The van der Waals surface area contributed by atoms with Crippen LogP contribution >= 0.6 is 0 Å². The zero-order valence-electron chi connectivity index (χ0n) is 18.6. The fourth-order valence-electron chi connectivity index (χ4n) is 4.68. The predicted molar refractivity (Wildman–Crippen MR) is 120 cm³/mol. The van der Waals surface area contributed by atoms with Gasteiger partial charge in [0.2, 0.25) is 0 Å². The average Bonchev–Trinajstić information content (AvgIpc) is 3.07. The topological polar surface area (TPSA) is 46.9 Å². The van der Waals surface area contributed by atoms with Crippen molar-refractivity contribution in [3.8, 4) is 11.5 Å². The smallest absolute Gasteiger partial charge is 0.121 e. The minimum atomic E-state index is 0.401. The highest BCUT2D eigenvalue weighted by Gasteiger charge is 2.22. The Kier molecular flexibility index (Phi) is 6.86. The molecule has 1 fully saturated rings. The van der Waals surface area contributed by atoms with Gasteiger partial charge in [0.15, 0.2) is 0 Å². The summed E-state index contributed by atoms with van der Waals surface area (Å²) in [6.07, 6.45) is 3.76. The first-order chi connectivity index (χ1) is 13.7. The molecule has 0 unspecified atom stereocenters. The summed E-state index contributed by atoms with van der Waals surface area (Å²) in [5, 5.41) is 20.2. The average molecular weight is 397 g/mol. The number of benzene rings is 2. The Morgan fingerprint density at radius 3 is 1.69 bits per heavy atom. The molecule has 1 heterocycles. The summed E-state index contributed by atoms with van der Waals surface area (Å²) in [6, 6.07) is 9.08. The molecular formula is C25H36N2O2. The summed E-state index contributed by atoms with van der Waals surface area (Å²) in [6.45, 7) is 11.8. The number of phenols is 2. The molecule has 4 heteroatoms. The van der Waals surface area contributed by atoms with Gasteiger partial charge in [-0.05, 0) is 93.9 Å². The van der Waals surface area contributed by atoms with Crippen LogP contribution in [0, 0.1) is 27.7 Å². The lowest BCUT2D eigenvalue weighted by Crippen LogP contribution is -2.31. The molecule has 2 aromatic carbocycles. The van der Waals surface area contributed by atoms with E-state index in [-0.39, 0.29) is 0 Å². The Morgan fingerprint density at radius 1 is 0.862 bits per heavy atom. The first-order valence-electron chi connectivity index (χ1n) is 10.8. The lowest BCUT2D eigenvalue weighted by atomic mass is 10.0. The second-order valence-corrected chi connectivity index (χ2v) is 8.93. The summed E-state index contributed by atoms with van der Waals surface area (Å²) in [5.74, 6) is 0.801. The van der Waals surface area contributed by atoms with Crippen LogP contribution in [0.2, 0.25) is 0 Å². The molecule has 1 saturated heterocycles. The maximum atomic E-state index is 10.1. The summed E-state index contributed by atoms with van der Waals surface area (Å²) in [5.41, 5.74) is 6.23. The Labute approximate surface area is 175 Å². The normalized spacial score (nSPS) is 17.4. The number of hydrogen-bond donors (Lipinski definition) is 2. The Balaban J connectivity index is 1.79. The lowest BCUT2D eigenvalue weighted by molar-refractivity contribution is 0.211. The fraction of sp³-hybridized carbons (Fsp3) is 0.520. The molecule has 1 aliphatic heterocycles. The molecule has 4 nitrogen and oxygen atoms in total. The van der Waals surface area contributed by atoms with E-state index in [4.69, 9.17) is 0 Å². The third kappa shape index (κ3) is 5.31. The van der Waals surface area contributed by atoms with E-state index in [9.17, 15) is 10.2 Å². The largest absolute Gasteiger partial charge is 0.507 e. The van der Waals surface area contributed by atoms with E-state index in [0.717, 1.165) is 41.9 Å². The van der Waals surface area contributed by atoms with E-state index in [1.54, 1.807) is 0 Å². The molecule has 2 aromatic rings. The minimum Gasteiger partial charge on any atom is -0.507 e. The van der Waals surface area contributed by atoms with E-state index in [1.165, 1.54) is 36.9 Å². The second kappa shape index (κ2) is 9.19. The van der Waals surface area contributed by atoms with Gasteiger partial charge in [0.1, 0.15) is 11.5 Å². The van der Waals surface area contributed by atoms with Crippen molar-refractivity contribution >= 4 is 0 Å². The highest BCUT2D eigenvalue weighted by Crippen LogP contribution is 2.27. The van der Waals surface area contributed by atoms with Crippen LogP contribution in [0.1, 0.15) is 52.6 Å². The number of phenolic OH excluding ortho intramolecular Hbond substituents is 2. The molecule has 0 spiro atoms. The lowest BCUT2D eigenvalue weighted by Gasteiger charge is -2.27. The first kappa shape index (κ1) is 21.7. The number of aryl methyl sites for hydroxylation is 4. The van der Waals surface area contributed by atoms with Gasteiger partial charge in [0.05, 0.1) is 0 Å². The molecule has 0 saturated carbocycles. The maximum absolute atomic E-state index is 10.1. The molecule has 0 bridgehead atoms. The molecule has 1 atom stereocenters. The van der Waals surface area contributed by atoms with Crippen molar-refractivity contribution in [2.75, 3.05) is 20.1 Å². The zero-order chi connectivity index (χ0) is 21.1. The van der Waals surface area contributed by atoms with Crippen molar-refractivity contribution in [2.24, 2.45) is 0 Å². The molecule has 0 amide bonds. The number of nitrogens with zero attached hydrogens (tertiary/aromatic N) is 2. The predicted octanol–water partition coefficient (Wildman–Crippen LogP) is 4.82. The third-order valence-electron chi connectivity index (χ3n) is 6.36. The number of likely N-dealkylation sites (tertiary alicyclic amines) is 1. The summed E-state index contributed by atoms with van der Waals surface area (Å²) >= 11 is 0. The van der Waals surface area contributed by atoms with E-state index in [1.807, 2.05) is 27.7 Å². The first-order valence-corrected chi connectivity index (χ1v) is 10.8. The molecule has 3 rings (SSSR count). The Morgan fingerprint density at radius 2 is 1.31 bits per heavy atom. The highest BCUT2D eigenvalue weighted by molar-refractivity contribution is 5.43. The van der Waals surface area contributed by atoms with Crippen LogP contribution in [0.3, 0.4) is 0 Å².